The second-order valence-corrected chi connectivity index (χ2v) is 5.52. The molecule has 2 heterocycles. The van der Waals surface area contributed by atoms with Crippen molar-refractivity contribution >= 4 is 11.8 Å². The summed E-state index contributed by atoms with van der Waals surface area (Å²) in [5, 5.41) is 2.70. The van der Waals surface area contributed by atoms with Gasteiger partial charge in [0.15, 0.2) is 0 Å². The molecule has 1 aliphatic heterocycles. The van der Waals surface area contributed by atoms with Gasteiger partial charge in [-0.3, -0.25) is 14.4 Å². The average molecular weight is 277 g/mol. The first kappa shape index (κ1) is 14.3. The third kappa shape index (κ3) is 2.59. The Labute approximate surface area is 117 Å². The predicted octanol–water partition coefficient (Wildman–Crippen LogP) is -0.0262. The van der Waals surface area contributed by atoms with Gasteiger partial charge < -0.3 is 14.8 Å². The van der Waals surface area contributed by atoms with Crippen molar-refractivity contribution in [2.24, 2.45) is 0 Å². The summed E-state index contributed by atoms with van der Waals surface area (Å²) < 4.78 is 1.53. The first-order chi connectivity index (χ1) is 9.33. The Bertz CT molecular complexity index is 591. The highest BCUT2D eigenvalue weighted by molar-refractivity contribution is 5.99. The molecule has 1 N–H and O–H groups in total. The second kappa shape index (κ2) is 5.11. The van der Waals surface area contributed by atoms with E-state index >= 15 is 0 Å². The average Bonchev–Trinajstić information content (AvgIpc) is 2.38. The van der Waals surface area contributed by atoms with Gasteiger partial charge in [0.1, 0.15) is 11.6 Å². The maximum atomic E-state index is 12.3. The Morgan fingerprint density at radius 2 is 1.90 bits per heavy atom. The van der Waals surface area contributed by atoms with Crippen LogP contribution >= 0.6 is 0 Å². The van der Waals surface area contributed by atoms with Crippen LogP contribution < -0.4 is 10.9 Å². The van der Waals surface area contributed by atoms with E-state index in [4.69, 9.17) is 0 Å². The van der Waals surface area contributed by atoms with Crippen LogP contribution in [0.1, 0.15) is 20.8 Å². The van der Waals surface area contributed by atoms with E-state index in [1.54, 1.807) is 39.1 Å². The fraction of sp³-hybridized carbons (Fsp3) is 0.500. The van der Waals surface area contributed by atoms with Crippen LogP contribution in [0, 0.1) is 0 Å². The third-order valence-electron chi connectivity index (χ3n) is 3.56. The number of carbonyl (C=O) groups excluding carboxylic acids is 2. The summed E-state index contributed by atoms with van der Waals surface area (Å²) in [6.45, 7) is 5.76. The first-order valence-electron chi connectivity index (χ1n) is 6.61. The molecule has 1 saturated heterocycles. The van der Waals surface area contributed by atoms with Crippen molar-refractivity contribution in [2.45, 2.75) is 38.9 Å². The Balaban J connectivity index is 2.15. The minimum absolute atomic E-state index is 0.117. The van der Waals surface area contributed by atoms with Gasteiger partial charge in [-0.05, 0) is 26.8 Å². The summed E-state index contributed by atoms with van der Waals surface area (Å²) in [5.74, 6) is -0.302. The van der Waals surface area contributed by atoms with E-state index in [9.17, 15) is 14.4 Å². The van der Waals surface area contributed by atoms with Gasteiger partial charge in [-0.15, -0.1) is 0 Å². The van der Waals surface area contributed by atoms with Gasteiger partial charge >= 0.3 is 0 Å². The van der Waals surface area contributed by atoms with E-state index in [-0.39, 0.29) is 17.4 Å². The van der Waals surface area contributed by atoms with E-state index in [0.29, 0.717) is 13.1 Å². The maximum Gasteiger partial charge on any atom is 0.250 e. The molecule has 2 amide bonds. The molecule has 0 saturated carbocycles. The lowest BCUT2D eigenvalue weighted by molar-refractivity contribution is -0.152. The molecule has 0 spiro atoms. The van der Waals surface area contributed by atoms with Crippen molar-refractivity contribution in [3.05, 3.63) is 34.7 Å². The van der Waals surface area contributed by atoms with Crippen molar-refractivity contribution in [3.8, 4) is 0 Å². The first-order valence-corrected chi connectivity index (χ1v) is 6.61. The van der Waals surface area contributed by atoms with Gasteiger partial charge in [-0.2, -0.15) is 0 Å². The van der Waals surface area contributed by atoms with E-state index < -0.39 is 11.6 Å². The number of amides is 2. The molecule has 1 aliphatic rings. The van der Waals surface area contributed by atoms with Gasteiger partial charge in [-0.25, -0.2) is 0 Å². The van der Waals surface area contributed by atoms with Gasteiger partial charge in [-0.1, -0.05) is 6.07 Å². The highest BCUT2D eigenvalue weighted by Gasteiger charge is 2.42. The molecule has 1 fully saturated rings. The zero-order valence-corrected chi connectivity index (χ0v) is 11.9. The van der Waals surface area contributed by atoms with E-state index in [0.717, 1.165) is 0 Å². The number of nitrogens with zero attached hydrogens (tertiary/aromatic N) is 2. The highest BCUT2D eigenvalue weighted by atomic mass is 16.2. The van der Waals surface area contributed by atoms with E-state index in [2.05, 4.69) is 5.32 Å². The molecular weight excluding hydrogens is 258 g/mol. The van der Waals surface area contributed by atoms with Crippen LogP contribution in [-0.4, -0.2) is 39.4 Å². The molecule has 1 aromatic rings. The molecule has 0 radical (unpaired) electrons. The lowest BCUT2D eigenvalue weighted by Gasteiger charge is -2.41. The van der Waals surface area contributed by atoms with Crippen LogP contribution in [0.15, 0.2) is 29.2 Å². The second-order valence-electron chi connectivity index (χ2n) is 5.52. The molecule has 0 bridgehead atoms. The van der Waals surface area contributed by atoms with Gasteiger partial charge in [0.25, 0.3) is 5.56 Å². The fourth-order valence-corrected chi connectivity index (χ4v) is 2.30. The minimum Gasteiger partial charge on any atom is -0.340 e. The number of rotatable bonds is 3. The number of pyridine rings is 1. The monoisotopic (exact) mass is 277 g/mol. The summed E-state index contributed by atoms with van der Waals surface area (Å²) in [7, 11) is 0. The number of carbonyl (C=O) groups is 2. The fourth-order valence-electron chi connectivity index (χ4n) is 2.30. The maximum absolute atomic E-state index is 12.3. The van der Waals surface area contributed by atoms with Crippen LogP contribution in [0.2, 0.25) is 0 Å². The molecule has 6 heteroatoms. The molecule has 6 nitrogen and oxygen atoms in total. The van der Waals surface area contributed by atoms with Crippen molar-refractivity contribution < 1.29 is 9.59 Å². The number of piperazine rings is 1. The van der Waals surface area contributed by atoms with Gasteiger partial charge in [0, 0.05) is 25.4 Å². The highest BCUT2D eigenvalue weighted by Crippen LogP contribution is 2.17. The lowest BCUT2D eigenvalue weighted by atomic mass is 9.97. The van der Waals surface area contributed by atoms with Crippen molar-refractivity contribution in [1.29, 1.82) is 0 Å². The van der Waals surface area contributed by atoms with Crippen LogP contribution in [0.5, 0.6) is 0 Å². The Morgan fingerprint density at radius 1 is 1.20 bits per heavy atom. The third-order valence-corrected chi connectivity index (χ3v) is 3.56. The smallest absolute Gasteiger partial charge is 0.250 e. The van der Waals surface area contributed by atoms with Crippen LogP contribution in [-0.2, 0) is 16.1 Å². The summed E-state index contributed by atoms with van der Waals surface area (Å²) in [5.41, 5.74) is -1.01. The Morgan fingerprint density at radius 3 is 2.55 bits per heavy atom. The number of hydrogen-bond donors (Lipinski definition) is 1. The molecule has 108 valence electrons. The Kier molecular flexibility index (Phi) is 3.65. The SMILES string of the molecule is CC1C(=O)NC(C)(C)C(=O)N1CCn1ccccc1=O. The predicted molar refractivity (Wildman–Crippen MR) is 74.1 cm³/mol. The molecule has 1 aromatic heterocycles. The summed E-state index contributed by atoms with van der Waals surface area (Å²) >= 11 is 0. The van der Waals surface area contributed by atoms with Crippen molar-refractivity contribution in [1.82, 2.24) is 14.8 Å². The quantitative estimate of drug-likeness (QED) is 0.843. The minimum atomic E-state index is -0.898. The van der Waals surface area contributed by atoms with Crippen molar-refractivity contribution in [2.75, 3.05) is 6.54 Å². The molecule has 0 aliphatic carbocycles. The van der Waals surface area contributed by atoms with Gasteiger partial charge in [0.05, 0.1) is 0 Å². The topological polar surface area (TPSA) is 71.4 Å². The Hall–Kier alpha value is -2.11. The lowest BCUT2D eigenvalue weighted by Crippen LogP contribution is -2.67. The molecular formula is C14H19N3O3. The number of aromatic nitrogens is 1. The number of hydrogen-bond acceptors (Lipinski definition) is 3. The van der Waals surface area contributed by atoms with E-state index in [1.165, 1.54) is 15.5 Å². The largest absolute Gasteiger partial charge is 0.340 e. The summed E-state index contributed by atoms with van der Waals surface area (Å²) in [6.07, 6.45) is 1.67. The summed E-state index contributed by atoms with van der Waals surface area (Å²) in [6, 6.07) is 4.39. The zero-order chi connectivity index (χ0) is 14.9. The van der Waals surface area contributed by atoms with Gasteiger partial charge in [0.2, 0.25) is 11.8 Å². The number of nitrogens with one attached hydrogen (secondary N) is 1. The van der Waals surface area contributed by atoms with E-state index in [1.807, 2.05) is 0 Å². The van der Waals surface area contributed by atoms with Crippen LogP contribution in [0.3, 0.4) is 0 Å². The standard InChI is InChI=1S/C14H19N3O3/c1-10-12(19)15-14(2,3)13(20)17(10)9-8-16-7-5-4-6-11(16)18/h4-7,10H,8-9H2,1-3H3,(H,15,19). The normalized spacial score (nSPS) is 21.8. The molecule has 1 unspecified atom stereocenters. The molecule has 1 atom stereocenters. The molecule has 20 heavy (non-hydrogen) atoms. The van der Waals surface area contributed by atoms with Crippen molar-refractivity contribution in [3.63, 3.8) is 0 Å². The molecule has 2 rings (SSSR count). The molecule has 0 aromatic carbocycles. The zero-order valence-electron chi connectivity index (χ0n) is 11.9. The van der Waals surface area contributed by atoms with Crippen LogP contribution in [0.25, 0.3) is 0 Å². The summed E-state index contributed by atoms with van der Waals surface area (Å²) in [4.78, 5) is 37.4. The van der Waals surface area contributed by atoms with Crippen LogP contribution in [0.4, 0.5) is 0 Å².